The first kappa shape index (κ1) is 28.2. The highest BCUT2D eigenvalue weighted by atomic mass is 16.8. The van der Waals surface area contributed by atoms with Gasteiger partial charge in [-0.2, -0.15) is 0 Å². The molecule has 2 saturated heterocycles. The van der Waals surface area contributed by atoms with Crippen molar-refractivity contribution in [1.82, 2.24) is 0 Å². The maximum atomic E-state index is 12.8. The van der Waals surface area contributed by atoms with E-state index in [4.69, 9.17) is 23.4 Å². The van der Waals surface area contributed by atoms with Gasteiger partial charge >= 0.3 is 0 Å². The summed E-state index contributed by atoms with van der Waals surface area (Å²) in [5, 5.41) is 80.7. The molecule has 0 radical (unpaired) electrons. The van der Waals surface area contributed by atoms with Gasteiger partial charge in [-0.3, -0.25) is 4.79 Å². The number of hydrogen-bond acceptors (Lipinski definition) is 14. The Hall–Kier alpha value is -3.31. The standard InChI is InChI=1S/C26H28O14/c27-8-18-20(32)21(33)22(40-25-23(34)26(35,9-28)10-36-25)24(39-18)37-13-5-14(30)19-15(31)7-16(38-17(19)6-13)11-1-3-12(29)4-2-11/h1-7,18,20-25,27-30,32-35H,8-10H2/t18-,20-,21+,22-,23+,24-,25+,26-/m0/s1. The molecule has 2 aromatic carbocycles. The van der Waals surface area contributed by atoms with Gasteiger partial charge < -0.3 is 64.2 Å². The fourth-order valence-corrected chi connectivity index (χ4v) is 4.57. The Balaban J connectivity index is 1.47. The van der Waals surface area contributed by atoms with Crippen LogP contribution in [0.5, 0.6) is 17.2 Å². The first-order valence-corrected chi connectivity index (χ1v) is 12.2. The fraction of sp³-hybridized carbons (Fsp3) is 0.423. The molecule has 14 nitrogen and oxygen atoms in total. The number of aliphatic hydroxyl groups excluding tert-OH is 5. The molecule has 3 heterocycles. The highest BCUT2D eigenvalue weighted by molar-refractivity contribution is 5.86. The Bertz CT molecular complexity index is 1410. The van der Waals surface area contributed by atoms with Gasteiger partial charge in [0.15, 0.2) is 17.8 Å². The van der Waals surface area contributed by atoms with E-state index in [0.717, 1.165) is 6.07 Å². The molecule has 0 spiro atoms. The van der Waals surface area contributed by atoms with Crippen molar-refractivity contribution < 1.29 is 64.2 Å². The Labute approximate surface area is 225 Å². The van der Waals surface area contributed by atoms with E-state index in [-0.39, 0.29) is 28.2 Å². The Morgan fingerprint density at radius 1 is 0.975 bits per heavy atom. The largest absolute Gasteiger partial charge is 0.508 e. The molecule has 40 heavy (non-hydrogen) atoms. The topological polar surface area (TPSA) is 229 Å². The second-order valence-corrected chi connectivity index (χ2v) is 9.65. The van der Waals surface area contributed by atoms with Gasteiger partial charge in [0.05, 0.1) is 19.8 Å². The van der Waals surface area contributed by atoms with Crippen molar-refractivity contribution in [2.24, 2.45) is 0 Å². The van der Waals surface area contributed by atoms with Crippen LogP contribution in [0.4, 0.5) is 0 Å². The van der Waals surface area contributed by atoms with Gasteiger partial charge in [0.1, 0.15) is 64.0 Å². The summed E-state index contributed by atoms with van der Waals surface area (Å²) >= 11 is 0. The molecule has 8 atom stereocenters. The molecule has 2 aliphatic heterocycles. The van der Waals surface area contributed by atoms with Crippen molar-refractivity contribution in [3.05, 3.63) is 52.7 Å². The van der Waals surface area contributed by atoms with Crippen molar-refractivity contribution >= 4 is 11.0 Å². The number of phenols is 2. The molecule has 2 fully saturated rings. The van der Waals surface area contributed by atoms with Crippen molar-refractivity contribution in [3.8, 4) is 28.6 Å². The third kappa shape index (κ3) is 5.12. The van der Waals surface area contributed by atoms with Crippen molar-refractivity contribution in [1.29, 1.82) is 0 Å². The predicted octanol–water partition coefficient (Wildman–Crippen LogP) is -1.49. The minimum atomic E-state index is -2.04. The average Bonchev–Trinajstić information content (AvgIpc) is 3.21. The third-order valence-corrected chi connectivity index (χ3v) is 6.88. The first-order chi connectivity index (χ1) is 19.0. The molecule has 0 saturated carbocycles. The smallest absolute Gasteiger partial charge is 0.229 e. The molecule has 8 N–H and O–H groups in total. The molecule has 14 heteroatoms. The molecule has 216 valence electrons. The predicted molar refractivity (Wildman–Crippen MR) is 132 cm³/mol. The second kappa shape index (κ2) is 10.9. The Morgan fingerprint density at radius 3 is 2.35 bits per heavy atom. The summed E-state index contributed by atoms with van der Waals surface area (Å²) in [4.78, 5) is 12.8. The summed E-state index contributed by atoms with van der Waals surface area (Å²) in [6.45, 7) is -2.06. The van der Waals surface area contributed by atoms with Crippen LogP contribution in [0.25, 0.3) is 22.3 Å². The lowest BCUT2D eigenvalue weighted by atomic mass is 9.98. The van der Waals surface area contributed by atoms with Crippen LogP contribution in [-0.4, -0.2) is 109 Å². The molecule has 2 aliphatic rings. The number of hydrogen-bond donors (Lipinski definition) is 8. The number of fused-ring (bicyclic) bond motifs is 1. The molecule has 1 aromatic heterocycles. The molecule has 0 amide bonds. The van der Waals surface area contributed by atoms with E-state index in [1.54, 1.807) is 0 Å². The third-order valence-electron chi connectivity index (χ3n) is 6.88. The molecular formula is C26H28O14. The SMILES string of the molecule is O=c1cc(-c2ccc(O)cc2)oc2cc(O[C@H]3O[C@@H](CO)[C@H](O)[C@@H](O)[C@@H]3O[C@H]3OC[C@@](O)(CO)[C@@H]3O)cc(O)c12. The summed E-state index contributed by atoms with van der Waals surface area (Å²) < 4.78 is 28.0. The van der Waals surface area contributed by atoms with Gasteiger partial charge in [0.25, 0.3) is 0 Å². The van der Waals surface area contributed by atoms with Crippen LogP contribution in [0.15, 0.2) is 51.7 Å². The van der Waals surface area contributed by atoms with Crippen LogP contribution in [0.1, 0.15) is 0 Å². The van der Waals surface area contributed by atoms with Gasteiger partial charge in [-0.05, 0) is 24.3 Å². The van der Waals surface area contributed by atoms with Crippen LogP contribution in [-0.2, 0) is 14.2 Å². The van der Waals surface area contributed by atoms with Gasteiger partial charge in [-0.1, -0.05) is 0 Å². The number of aliphatic hydroxyl groups is 6. The highest BCUT2D eigenvalue weighted by Gasteiger charge is 2.53. The molecule has 0 bridgehead atoms. The second-order valence-electron chi connectivity index (χ2n) is 9.65. The minimum absolute atomic E-state index is 0.00882. The molecule has 0 aliphatic carbocycles. The number of ether oxygens (including phenoxy) is 4. The van der Waals surface area contributed by atoms with Crippen LogP contribution in [0.3, 0.4) is 0 Å². The Kier molecular flexibility index (Phi) is 7.71. The number of aromatic hydroxyl groups is 2. The van der Waals surface area contributed by atoms with E-state index in [1.165, 1.54) is 36.4 Å². The zero-order chi connectivity index (χ0) is 28.8. The summed E-state index contributed by atoms with van der Waals surface area (Å²) in [7, 11) is 0. The number of phenolic OH excluding ortho intramolecular Hbond substituents is 2. The molecule has 3 aromatic rings. The van der Waals surface area contributed by atoms with E-state index in [9.17, 15) is 45.6 Å². The number of rotatable bonds is 7. The number of benzene rings is 2. The average molecular weight is 564 g/mol. The quantitative estimate of drug-likeness (QED) is 0.164. The van der Waals surface area contributed by atoms with Crippen LogP contribution >= 0.6 is 0 Å². The zero-order valence-electron chi connectivity index (χ0n) is 20.7. The lowest BCUT2D eigenvalue weighted by Crippen LogP contribution is -2.62. The van der Waals surface area contributed by atoms with Crippen LogP contribution in [0, 0.1) is 0 Å². The van der Waals surface area contributed by atoms with Crippen LogP contribution in [0.2, 0.25) is 0 Å². The normalized spacial score (nSPS) is 32.4. The molecular weight excluding hydrogens is 536 g/mol. The summed E-state index contributed by atoms with van der Waals surface area (Å²) in [6.07, 6.45) is -11.2. The Morgan fingerprint density at radius 2 is 1.70 bits per heavy atom. The fourth-order valence-electron chi connectivity index (χ4n) is 4.57. The lowest BCUT2D eigenvalue weighted by molar-refractivity contribution is -0.318. The minimum Gasteiger partial charge on any atom is -0.508 e. The molecule has 5 rings (SSSR count). The van der Waals surface area contributed by atoms with Gasteiger partial charge in [-0.25, -0.2) is 0 Å². The van der Waals surface area contributed by atoms with E-state index in [0.29, 0.717) is 5.56 Å². The van der Waals surface area contributed by atoms with Crippen molar-refractivity contribution in [2.75, 3.05) is 19.8 Å². The zero-order valence-corrected chi connectivity index (χ0v) is 20.7. The van der Waals surface area contributed by atoms with Crippen molar-refractivity contribution in [2.45, 2.75) is 48.7 Å². The van der Waals surface area contributed by atoms with E-state index >= 15 is 0 Å². The van der Waals surface area contributed by atoms with Crippen LogP contribution < -0.4 is 10.2 Å². The highest BCUT2D eigenvalue weighted by Crippen LogP contribution is 2.35. The monoisotopic (exact) mass is 564 g/mol. The van der Waals surface area contributed by atoms with Crippen molar-refractivity contribution in [3.63, 3.8) is 0 Å². The maximum absolute atomic E-state index is 12.8. The summed E-state index contributed by atoms with van der Waals surface area (Å²) in [5.74, 6) is -0.496. The lowest BCUT2D eigenvalue weighted by Gasteiger charge is -2.42. The van der Waals surface area contributed by atoms with Gasteiger partial charge in [0.2, 0.25) is 6.29 Å². The summed E-state index contributed by atoms with van der Waals surface area (Å²) in [6, 6.07) is 9.37. The van der Waals surface area contributed by atoms with E-state index in [2.05, 4.69) is 0 Å². The van der Waals surface area contributed by atoms with E-state index < -0.39 is 79.7 Å². The van der Waals surface area contributed by atoms with Gasteiger partial charge in [-0.15, -0.1) is 0 Å². The summed E-state index contributed by atoms with van der Waals surface area (Å²) in [5.41, 5.74) is -2.22. The maximum Gasteiger partial charge on any atom is 0.229 e. The first-order valence-electron chi connectivity index (χ1n) is 12.2. The van der Waals surface area contributed by atoms with E-state index in [1.807, 2.05) is 0 Å². The van der Waals surface area contributed by atoms with Gasteiger partial charge in [0, 0.05) is 23.8 Å². The molecule has 0 unspecified atom stereocenters.